The van der Waals surface area contributed by atoms with Crippen molar-refractivity contribution in [1.82, 2.24) is 0 Å². The van der Waals surface area contributed by atoms with Gasteiger partial charge in [-0.05, 0) is 60.2 Å². The van der Waals surface area contributed by atoms with Crippen molar-refractivity contribution in [2.75, 3.05) is 16.0 Å². The van der Waals surface area contributed by atoms with Crippen molar-refractivity contribution in [3.63, 3.8) is 0 Å². The molecule has 0 aliphatic carbocycles. The quantitative estimate of drug-likeness (QED) is 0.376. The summed E-state index contributed by atoms with van der Waals surface area (Å²) in [6.45, 7) is 0. The Hall–Kier alpha value is -3.76. The molecule has 3 aromatic carbocycles. The molecule has 3 aromatic rings. The summed E-state index contributed by atoms with van der Waals surface area (Å²) in [4.78, 5) is 31.5. The van der Waals surface area contributed by atoms with Crippen molar-refractivity contribution in [3.8, 4) is 5.75 Å². The third-order valence-electron chi connectivity index (χ3n) is 4.70. The Kier molecular flexibility index (Phi) is 7.66. The first-order valence-electron chi connectivity index (χ1n) is 10.4. The van der Waals surface area contributed by atoms with Crippen LogP contribution in [0.2, 0.25) is 5.02 Å². The van der Waals surface area contributed by atoms with E-state index in [-0.39, 0.29) is 17.4 Å². The van der Waals surface area contributed by atoms with Crippen LogP contribution in [0.1, 0.15) is 5.56 Å². The van der Waals surface area contributed by atoms with Crippen LogP contribution in [-0.2, 0) is 9.59 Å². The fraction of sp³-hybridized carbons (Fsp3) is 0.0800. The fourth-order valence-electron chi connectivity index (χ4n) is 3.22. The van der Waals surface area contributed by atoms with Crippen LogP contribution in [0.5, 0.6) is 5.75 Å². The summed E-state index contributed by atoms with van der Waals surface area (Å²) < 4.78 is 40.7. The number of aliphatic imine (C=N–C) groups is 1. The zero-order valence-electron chi connectivity index (χ0n) is 18.3. The molecule has 0 fully saturated rings. The van der Waals surface area contributed by atoms with Crippen LogP contribution in [0.4, 0.5) is 24.5 Å². The van der Waals surface area contributed by atoms with Crippen molar-refractivity contribution < 1.29 is 27.5 Å². The number of amidine groups is 1. The molecule has 0 bridgehead atoms. The Morgan fingerprint density at radius 3 is 2.44 bits per heavy atom. The van der Waals surface area contributed by atoms with Gasteiger partial charge in [0.25, 0.3) is 5.91 Å². The van der Waals surface area contributed by atoms with Crippen molar-refractivity contribution in [1.29, 1.82) is 0 Å². The largest absolute Gasteiger partial charge is 0.573 e. The van der Waals surface area contributed by atoms with E-state index < -0.39 is 18.0 Å². The first kappa shape index (κ1) is 25.3. The smallest absolute Gasteiger partial charge is 0.406 e. The van der Waals surface area contributed by atoms with Gasteiger partial charge in [0.15, 0.2) is 5.17 Å². The predicted octanol–water partition coefficient (Wildman–Crippen LogP) is 6.35. The minimum Gasteiger partial charge on any atom is -0.406 e. The predicted molar refractivity (Wildman–Crippen MR) is 135 cm³/mol. The van der Waals surface area contributed by atoms with Gasteiger partial charge >= 0.3 is 6.36 Å². The van der Waals surface area contributed by atoms with Gasteiger partial charge in [-0.15, -0.1) is 13.2 Å². The van der Waals surface area contributed by atoms with Gasteiger partial charge in [-0.3, -0.25) is 14.5 Å². The minimum absolute atomic E-state index is 0.0965. The molecular weight excluding hydrogens is 515 g/mol. The lowest BCUT2D eigenvalue weighted by molar-refractivity contribution is -0.274. The number of amides is 2. The number of benzene rings is 3. The molecule has 11 heteroatoms. The van der Waals surface area contributed by atoms with Crippen molar-refractivity contribution in [3.05, 3.63) is 95.1 Å². The number of carbonyl (C=O) groups is 2. The summed E-state index contributed by atoms with van der Waals surface area (Å²) in [7, 11) is 0. The molecule has 0 saturated heterocycles. The molecule has 0 saturated carbocycles. The van der Waals surface area contributed by atoms with Crippen molar-refractivity contribution in [2.45, 2.75) is 6.36 Å². The Morgan fingerprint density at radius 2 is 1.78 bits per heavy atom. The van der Waals surface area contributed by atoms with Crippen molar-refractivity contribution >= 4 is 57.8 Å². The van der Waals surface area contributed by atoms with Crippen LogP contribution in [0.25, 0.3) is 6.08 Å². The number of carbonyl (C=O) groups excluding carboxylic acids is 2. The second kappa shape index (κ2) is 10.9. The van der Waals surface area contributed by atoms with Crippen molar-refractivity contribution in [2.24, 2.45) is 4.99 Å². The van der Waals surface area contributed by atoms with E-state index in [4.69, 9.17) is 11.6 Å². The summed E-state index contributed by atoms with van der Waals surface area (Å²) in [5.41, 5.74) is 1.76. The molecule has 6 nitrogen and oxygen atoms in total. The molecule has 1 aliphatic rings. The lowest BCUT2D eigenvalue weighted by Crippen LogP contribution is -2.31. The maximum atomic E-state index is 13.2. The number of hydrogen-bond acceptors (Lipinski definition) is 5. The van der Waals surface area contributed by atoms with Gasteiger partial charge in [-0.25, -0.2) is 4.99 Å². The average Bonchev–Trinajstić information content (AvgIpc) is 3.13. The number of anilines is 2. The van der Waals surface area contributed by atoms with Crippen LogP contribution >= 0.6 is 23.4 Å². The summed E-state index contributed by atoms with van der Waals surface area (Å²) >= 11 is 7.09. The number of halogens is 4. The summed E-state index contributed by atoms with van der Waals surface area (Å²) in [6, 6.07) is 20.6. The SMILES string of the molecule is O=C(CSC1=N/C(=C/c2cccc(Cl)c2)C(=O)N1c1ccccc1)Nc1ccc(OC(F)(F)F)cc1. The zero-order valence-corrected chi connectivity index (χ0v) is 19.9. The van der Waals surface area contributed by atoms with Crippen LogP contribution in [0, 0.1) is 0 Å². The van der Waals surface area contributed by atoms with E-state index in [0.717, 1.165) is 23.9 Å². The third kappa shape index (κ3) is 6.67. The first-order valence-corrected chi connectivity index (χ1v) is 11.8. The van der Waals surface area contributed by atoms with Gasteiger partial charge in [-0.1, -0.05) is 53.7 Å². The van der Waals surface area contributed by atoms with Gasteiger partial charge in [0.2, 0.25) is 5.91 Å². The van der Waals surface area contributed by atoms with Gasteiger partial charge < -0.3 is 10.1 Å². The standard InChI is InChI=1S/C25H17ClF3N3O3S/c26-17-6-4-5-16(13-17)14-21-23(34)32(19-7-2-1-3-8-19)24(31-21)36-15-22(33)30-18-9-11-20(12-10-18)35-25(27,28)29/h1-14H,15H2,(H,30,33)/b21-14+. The molecule has 2 amide bonds. The summed E-state index contributed by atoms with van der Waals surface area (Å²) in [5.74, 6) is -1.28. The first-order chi connectivity index (χ1) is 17.2. The number of para-hydroxylation sites is 1. The Labute approximate surface area is 213 Å². The molecule has 1 aliphatic heterocycles. The molecule has 184 valence electrons. The molecule has 0 spiro atoms. The Bertz CT molecular complexity index is 1330. The highest BCUT2D eigenvalue weighted by atomic mass is 35.5. The second-order valence-electron chi connectivity index (χ2n) is 7.36. The number of hydrogen-bond donors (Lipinski definition) is 1. The molecule has 1 heterocycles. The second-order valence-corrected chi connectivity index (χ2v) is 8.74. The normalized spacial score (nSPS) is 14.7. The maximum absolute atomic E-state index is 13.2. The van der Waals surface area contributed by atoms with Crippen LogP contribution in [0.3, 0.4) is 0 Å². The average molecular weight is 532 g/mol. The topological polar surface area (TPSA) is 71.0 Å². The van der Waals surface area contributed by atoms with E-state index in [1.807, 2.05) is 6.07 Å². The lowest BCUT2D eigenvalue weighted by atomic mass is 10.2. The molecule has 36 heavy (non-hydrogen) atoms. The van der Waals surface area contributed by atoms with E-state index in [2.05, 4.69) is 15.0 Å². The van der Waals surface area contributed by atoms with E-state index in [1.165, 1.54) is 17.0 Å². The molecule has 0 unspecified atom stereocenters. The van der Waals surface area contributed by atoms with Gasteiger partial charge in [0.05, 0.1) is 11.4 Å². The van der Waals surface area contributed by atoms with Crippen LogP contribution in [-0.4, -0.2) is 29.1 Å². The molecule has 0 radical (unpaired) electrons. The molecule has 1 N–H and O–H groups in total. The highest BCUT2D eigenvalue weighted by molar-refractivity contribution is 8.14. The molecule has 0 atom stereocenters. The number of nitrogens with one attached hydrogen (secondary N) is 1. The monoisotopic (exact) mass is 531 g/mol. The molecular formula is C25H17ClF3N3O3S. The number of alkyl halides is 3. The highest BCUT2D eigenvalue weighted by Crippen LogP contribution is 2.30. The molecule has 0 aromatic heterocycles. The third-order valence-corrected chi connectivity index (χ3v) is 5.87. The van der Waals surface area contributed by atoms with E-state index >= 15 is 0 Å². The summed E-state index contributed by atoms with van der Waals surface area (Å²) in [5, 5.41) is 3.42. The Morgan fingerprint density at radius 1 is 1.06 bits per heavy atom. The fourth-order valence-corrected chi connectivity index (χ4v) is 4.23. The number of rotatable bonds is 6. The van der Waals surface area contributed by atoms with Crippen LogP contribution < -0.4 is 15.0 Å². The Balaban J connectivity index is 1.48. The zero-order chi connectivity index (χ0) is 25.7. The van der Waals surface area contributed by atoms with E-state index in [9.17, 15) is 22.8 Å². The maximum Gasteiger partial charge on any atom is 0.573 e. The number of thioether (sulfide) groups is 1. The minimum atomic E-state index is -4.80. The van der Waals surface area contributed by atoms with E-state index in [1.54, 1.807) is 54.6 Å². The van der Waals surface area contributed by atoms with Crippen LogP contribution in [0.15, 0.2) is 89.6 Å². The van der Waals surface area contributed by atoms with E-state index in [0.29, 0.717) is 27.1 Å². The summed E-state index contributed by atoms with van der Waals surface area (Å²) in [6.07, 6.45) is -3.19. The number of nitrogens with zero attached hydrogens (tertiary/aromatic N) is 2. The lowest BCUT2D eigenvalue weighted by Gasteiger charge is -2.17. The number of ether oxygens (including phenoxy) is 1. The molecule has 4 rings (SSSR count). The highest BCUT2D eigenvalue weighted by Gasteiger charge is 2.32. The van der Waals surface area contributed by atoms with Gasteiger partial charge in [0, 0.05) is 10.7 Å². The van der Waals surface area contributed by atoms with Gasteiger partial charge in [-0.2, -0.15) is 0 Å². The van der Waals surface area contributed by atoms with Gasteiger partial charge in [0.1, 0.15) is 11.4 Å².